The van der Waals surface area contributed by atoms with Crippen LogP contribution in [0.4, 0.5) is 5.69 Å². The average molecular weight is 484 g/mol. The molecule has 2 saturated carbocycles. The molecule has 0 aromatic heterocycles. The molecular formula is C27H33NO7. The minimum absolute atomic E-state index is 0.0180. The fourth-order valence-electron chi connectivity index (χ4n) is 7.15. The zero-order valence-electron chi connectivity index (χ0n) is 20.3. The number of non-ortho nitro benzene ring substituents is 1. The van der Waals surface area contributed by atoms with Crippen molar-refractivity contribution in [1.29, 1.82) is 0 Å². The van der Waals surface area contributed by atoms with Crippen LogP contribution in [0, 0.1) is 32.8 Å². The molecule has 4 fully saturated rings. The van der Waals surface area contributed by atoms with Crippen molar-refractivity contribution in [2.45, 2.75) is 64.4 Å². The molecule has 1 N–H and O–H groups in total. The quantitative estimate of drug-likeness (QED) is 0.219. The third-order valence-electron chi connectivity index (χ3n) is 9.04. The van der Waals surface area contributed by atoms with Gasteiger partial charge in [0.05, 0.1) is 23.2 Å². The van der Waals surface area contributed by atoms with E-state index in [1.54, 1.807) is 6.07 Å². The summed E-state index contributed by atoms with van der Waals surface area (Å²) in [6.45, 7) is 9.49. The number of allylic oxidation sites excluding steroid dienone is 2. The molecule has 0 amide bonds. The van der Waals surface area contributed by atoms with Crippen molar-refractivity contribution in [1.82, 2.24) is 0 Å². The average Bonchev–Trinajstić information content (AvgIpc) is 3.15. The Labute approximate surface area is 205 Å². The molecule has 35 heavy (non-hydrogen) atoms. The number of nitro groups is 1. The van der Waals surface area contributed by atoms with Crippen molar-refractivity contribution in [2.24, 2.45) is 22.7 Å². The summed E-state index contributed by atoms with van der Waals surface area (Å²) in [5, 5.41) is 21.3. The van der Waals surface area contributed by atoms with Crippen molar-refractivity contribution in [2.75, 3.05) is 13.2 Å². The molecule has 8 heteroatoms. The molecule has 4 aliphatic rings. The lowest BCUT2D eigenvalue weighted by molar-refractivity contribution is -0.385. The topological polar surface area (TPSA) is 108 Å². The molecule has 8 nitrogen and oxygen atoms in total. The number of nitrogens with zero attached hydrogens (tertiary/aromatic N) is 1. The van der Waals surface area contributed by atoms with Crippen LogP contribution in [0.25, 0.3) is 0 Å². The lowest BCUT2D eigenvalue weighted by Crippen LogP contribution is -2.60. The minimum Gasteiger partial charge on any atom is -0.459 e. The number of carbonyl (C=O) groups excluding carboxylic acids is 1. The first-order chi connectivity index (χ1) is 16.6. The first-order valence-electron chi connectivity index (χ1n) is 12.4. The molecule has 7 atom stereocenters. The van der Waals surface area contributed by atoms with E-state index in [9.17, 15) is 20.0 Å². The van der Waals surface area contributed by atoms with Gasteiger partial charge in [0.1, 0.15) is 12.7 Å². The molecule has 5 rings (SSSR count). The predicted octanol–water partition coefficient (Wildman–Crippen LogP) is 4.63. The van der Waals surface area contributed by atoms with Gasteiger partial charge in [-0.2, -0.15) is 0 Å². The highest BCUT2D eigenvalue weighted by molar-refractivity contribution is 5.91. The Morgan fingerprint density at radius 2 is 2.09 bits per heavy atom. The summed E-state index contributed by atoms with van der Waals surface area (Å²) in [6.07, 6.45) is 4.69. The van der Waals surface area contributed by atoms with Gasteiger partial charge in [-0.05, 0) is 49.4 Å². The molecule has 0 bridgehead atoms. The van der Waals surface area contributed by atoms with Crippen LogP contribution < -0.4 is 0 Å². The van der Waals surface area contributed by atoms with Crippen LogP contribution in [0.5, 0.6) is 0 Å². The van der Waals surface area contributed by atoms with Gasteiger partial charge >= 0.3 is 5.97 Å². The van der Waals surface area contributed by atoms with Crippen molar-refractivity contribution >= 4 is 11.7 Å². The standard InChI is InChI=1S/C27H33NO7/c1-16-7-10-22-26(2,20(16)9-8-19-21(29)14-33-24(19)30)12-11-23-27(22,3)15-34-25(35-23)17-5-4-6-18(13-17)28(31)32/h4-6,8,13,20-23,25,29H,1,7,9-12,14-15H2,2-3H3/b19-8+/t20-,21+,22+,23?,25?,26+,27+/m1/s1. The summed E-state index contributed by atoms with van der Waals surface area (Å²) in [7, 11) is 0. The molecule has 0 spiro atoms. The highest BCUT2D eigenvalue weighted by Crippen LogP contribution is 2.63. The summed E-state index contributed by atoms with van der Waals surface area (Å²) in [4.78, 5) is 22.8. The van der Waals surface area contributed by atoms with E-state index in [0.29, 0.717) is 30.1 Å². The van der Waals surface area contributed by atoms with Crippen molar-refractivity contribution in [3.63, 3.8) is 0 Å². The zero-order valence-corrected chi connectivity index (χ0v) is 20.3. The lowest BCUT2D eigenvalue weighted by atomic mass is 9.46. The number of ether oxygens (including phenoxy) is 3. The molecule has 1 aromatic rings. The van der Waals surface area contributed by atoms with E-state index < -0.39 is 23.3 Å². The summed E-state index contributed by atoms with van der Waals surface area (Å²) < 4.78 is 17.7. The second kappa shape index (κ2) is 8.84. The van der Waals surface area contributed by atoms with Gasteiger partial charge in [-0.15, -0.1) is 0 Å². The molecule has 2 saturated heterocycles. The molecular weight excluding hydrogens is 450 g/mol. The van der Waals surface area contributed by atoms with E-state index in [-0.39, 0.29) is 35.1 Å². The SMILES string of the molecule is C=C1CC[C@H]2[C@@](C)(CCC3OC(c4cccc([N+](=O)[O-])c4)OC[C@]32C)[C@@H]1C/C=C1/C(=O)OC[C@@H]1O. The Bertz CT molecular complexity index is 1080. The van der Waals surface area contributed by atoms with Crippen LogP contribution in [0.2, 0.25) is 0 Å². The van der Waals surface area contributed by atoms with Gasteiger partial charge in [0.2, 0.25) is 0 Å². The van der Waals surface area contributed by atoms with Crippen LogP contribution in [0.15, 0.2) is 48.1 Å². The largest absolute Gasteiger partial charge is 0.459 e. The van der Waals surface area contributed by atoms with Crippen LogP contribution in [0.3, 0.4) is 0 Å². The maximum Gasteiger partial charge on any atom is 0.336 e. The number of rotatable bonds is 4. The zero-order chi connectivity index (χ0) is 25.0. The predicted molar refractivity (Wildman–Crippen MR) is 127 cm³/mol. The molecule has 2 aliphatic carbocycles. The number of nitro benzene ring substituents is 1. The number of aliphatic hydroxyl groups is 1. The number of hydrogen-bond donors (Lipinski definition) is 1. The van der Waals surface area contributed by atoms with Gasteiger partial charge < -0.3 is 19.3 Å². The molecule has 188 valence electrons. The van der Waals surface area contributed by atoms with Crippen molar-refractivity contribution in [3.05, 3.63) is 63.7 Å². The molecule has 0 radical (unpaired) electrons. The second-order valence-electron chi connectivity index (χ2n) is 11.0. The van der Waals surface area contributed by atoms with E-state index >= 15 is 0 Å². The number of aliphatic hydroxyl groups excluding tert-OH is 1. The van der Waals surface area contributed by atoms with E-state index in [1.165, 1.54) is 17.7 Å². The molecule has 2 heterocycles. The van der Waals surface area contributed by atoms with Crippen LogP contribution in [-0.4, -0.2) is 41.4 Å². The third-order valence-corrected chi connectivity index (χ3v) is 9.04. The fraction of sp³-hybridized carbons (Fsp3) is 0.593. The summed E-state index contributed by atoms with van der Waals surface area (Å²) in [5.74, 6) is 0.0772. The van der Waals surface area contributed by atoms with Crippen molar-refractivity contribution < 1.29 is 29.0 Å². The Morgan fingerprint density at radius 3 is 2.80 bits per heavy atom. The molecule has 2 unspecified atom stereocenters. The van der Waals surface area contributed by atoms with Gasteiger partial charge in [-0.1, -0.05) is 44.2 Å². The Morgan fingerprint density at radius 1 is 1.29 bits per heavy atom. The second-order valence-corrected chi connectivity index (χ2v) is 11.0. The van der Waals surface area contributed by atoms with Crippen LogP contribution in [0.1, 0.15) is 57.8 Å². The number of benzene rings is 1. The van der Waals surface area contributed by atoms with E-state index in [0.717, 1.165) is 25.7 Å². The smallest absolute Gasteiger partial charge is 0.336 e. The van der Waals surface area contributed by atoms with Crippen molar-refractivity contribution in [3.8, 4) is 0 Å². The van der Waals surface area contributed by atoms with Gasteiger partial charge in [0.15, 0.2) is 6.29 Å². The van der Waals surface area contributed by atoms with Crippen LogP contribution in [-0.2, 0) is 19.0 Å². The van der Waals surface area contributed by atoms with Gasteiger partial charge in [0.25, 0.3) is 5.69 Å². The third kappa shape index (κ3) is 4.01. The Kier molecular flexibility index (Phi) is 6.10. The minimum atomic E-state index is -0.859. The number of cyclic esters (lactones) is 1. The Hall–Kier alpha value is -2.55. The summed E-state index contributed by atoms with van der Waals surface area (Å²) >= 11 is 0. The number of esters is 1. The van der Waals surface area contributed by atoms with E-state index in [2.05, 4.69) is 20.4 Å². The summed E-state index contributed by atoms with van der Waals surface area (Å²) in [6, 6.07) is 6.46. The van der Waals surface area contributed by atoms with Gasteiger partial charge in [-0.3, -0.25) is 10.1 Å². The van der Waals surface area contributed by atoms with Gasteiger partial charge in [-0.25, -0.2) is 4.79 Å². The number of hydrogen-bond acceptors (Lipinski definition) is 7. The van der Waals surface area contributed by atoms with E-state index in [4.69, 9.17) is 14.2 Å². The maximum atomic E-state index is 12.0. The number of carbonyl (C=O) groups is 1. The Balaban J connectivity index is 1.37. The monoisotopic (exact) mass is 483 g/mol. The first kappa shape index (κ1) is 24.2. The highest BCUT2D eigenvalue weighted by atomic mass is 16.7. The fourth-order valence-corrected chi connectivity index (χ4v) is 7.15. The van der Waals surface area contributed by atoms with Crippen LogP contribution >= 0.6 is 0 Å². The van der Waals surface area contributed by atoms with E-state index in [1.807, 2.05) is 12.1 Å². The summed E-state index contributed by atoms with van der Waals surface area (Å²) in [5.41, 5.74) is 1.98. The molecule has 2 aliphatic heterocycles. The normalized spacial score (nSPS) is 40.2. The number of fused-ring (bicyclic) bond motifs is 3. The highest BCUT2D eigenvalue weighted by Gasteiger charge is 2.60. The molecule has 1 aromatic carbocycles. The lowest BCUT2D eigenvalue weighted by Gasteiger charge is -2.62. The first-order valence-corrected chi connectivity index (χ1v) is 12.4. The van der Waals surface area contributed by atoms with Gasteiger partial charge in [0, 0.05) is 23.1 Å². The maximum absolute atomic E-state index is 12.0.